The van der Waals surface area contributed by atoms with Crippen molar-refractivity contribution >= 4 is 11.6 Å². The maximum absolute atomic E-state index is 12.6. The predicted octanol–water partition coefficient (Wildman–Crippen LogP) is 2.75. The van der Waals surface area contributed by atoms with Crippen molar-refractivity contribution in [2.24, 2.45) is 0 Å². The Balaban J connectivity index is 2.01. The molecule has 0 saturated heterocycles. The fourth-order valence-corrected chi connectivity index (χ4v) is 2.31. The highest BCUT2D eigenvalue weighted by Crippen LogP contribution is 2.33. The molecular weight excluding hydrogens is 299 g/mol. The SMILES string of the molecule is Cc1cc(-c2ccc3c(c2)NC(=O)CO3)n(CC(F)(F)F)n1. The summed E-state index contributed by atoms with van der Waals surface area (Å²) < 4.78 is 44.0. The van der Waals surface area contributed by atoms with E-state index in [1.54, 1.807) is 31.2 Å². The van der Waals surface area contributed by atoms with E-state index in [0.717, 1.165) is 4.68 Å². The number of benzene rings is 1. The molecule has 116 valence electrons. The molecule has 2 aromatic rings. The van der Waals surface area contributed by atoms with E-state index < -0.39 is 12.7 Å². The Morgan fingerprint density at radius 3 is 2.86 bits per heavy atom. The topological polar surface area (TPSA) is 56.1 Å². The molecule has 1 amide bonds. The highest BCUT2D eigenvalue weighted by molar-refractivity contribution is 5.96. The number of aromatic nitrogens is 2. The average molecular weight is 311 g/mol. The van der Waals surface area contributed by atoms with Crippen molar-refractivity contribution in [3.05, 3.63) is 30.0 Å². The van der Waals surface area contributed by atoms with Crippen LogP contribution in [0.5, 0.6) is 5.75 Å². The summed E-state index contributed by atoms with van der Waals surface area (Å²) in [4.78, 5) is 11.3. The van der Waals surface area contributed by atoms with Crippen molar-refractivity contribution < 1.29 is 22.7 Å². The van der Waals surface area contributed by atoms with Crippen molar-refractivity contribution in [2.75, 3.05) is 11.9 Å². The summed E-state index contributed by atoms with van der Waals surface area (Å²) in [5, 5.41) is 6.51. The fraction of sp³-hybridized carbons (Fsp3) is 0.286. The van der Waals surface area contributed by atoms with Crippen LogP contribution in [0.25, 0.3) is 11.3 Å². The molecule has 0 atom stereocenters. The van der Waals surface area contributed by atoms with Crippen molar-refractivity contribution in [1.29, 1.82) is 0 Å². The Bertz CT molecular complexity index is 737. The first-order valence-electron chi connectivity index (χ1n) is 6.50. The zero-order valence-corrected chi connectivity index (χ0v) is 11.6. The number of carbonyl (C=O) groups excluding carboxylic acids is 1. The number of alkyl halides is 3. The van der Waals surface area contributed by atoms with Crippen LogP contribution in [-0.4, -0.2) is 28.5 Å². The van der Waals surface area contributed by atoms with Crippen LogP contribution in [0.2, 0.25) is 0 Å². The normalized spacial score (nSPS) is 14.3. The molecule has 1 aromatic heterocycles. The number of hydrogen-bond donors (Lipinski definition) is 1. The third kappa shape index (κ3) is 2.90. The van der Waals surface area contributed by atoms with Gasteiger partial charge < -0.3 is 10.1 Å². The van der Waals surface area contributed by atoms with E-state index in [4.69, 9.17) is 4.74 Å². The van der Waals surface area contributed by atoms with Crippen LogP contribution in [0.4, 0.5) is 18.9 Å². The number of nitrogens with zero attached hydrogens (tertiary/aromatic N) is 2. The Kier molecular flexibility index (Phi) is 3.31. The monoisotopic (exact) mass is 311 g/mol. The maximum atomic E-state index is 12.6. The average Bonchev–Trinajstić information content (AvgIpc) is 2.76. The summed E-state index contributed by atoms with van der Waals surface area (Å²) in [6, 6.07) is 6.40. The summed E-state index contributed by atoms with van der Waals surface area (Å²) >= 11 is 0. The van der Waals surface area contributed by atoms with Crippen LogP contribution < -0.4 is 10.1 Å². The van der Waals surface area contributed by atoms with E-state index in [0.29, 0.717) is 28.4 Å². The summed E-state index contributed by atoms with van der Waals surface area (Å²) in [7, 11) is 0. The summed E-state index contributed by atoms with van der Waals surface area (Å²) in [5.74, 6) is 0.187. The van der Waals surface area contributed by atoms with Gasteiger partial charge in [-0.2, -0.15) is 18.3 Å². The molecule has 0 fully saturated rings. The Labute approximate surface area is 123 Å². The number of carbonyl (C=O) groups is 1. The molecule has 22 heavy (non-hydrogen) atoms. The molecular formula is C14H12F3N3O2. The first kappa shape index (κ1) is 14.4. The Morgan fingerprint density at radius 1 is 1.36 bits per heavy atom. The molecule has 8 heteroatoms. The minimum Gasteiger partial charge on any atom is -0.482 e. The van der Waals surface area contributed by atoms with Gasteiger partial charge in [0, 0.05) is 5.56 Å². The van der Waals surface area contributed by atoms with Gasteiger partial charge in [0.1, 0.15) is 12.3 Å². The van der Waals surface area contributed by atoms with Crippen LogP contribution in [-0.2, 0) is 11.3 Å². The number of rotatable bonds is 2. The van der Waals surface area contributed by atoms with E-state index in [9.17, 15) is 18.0 Å². The van der Waals surface area contributed by atoms with E-state index in [2.05, 4.69) is 10.4 Å². The second-order valence-corrected chi connectivity index (χ2v) is 4.99. The first-order valence-corrected chi connectivity index (χ1v) is 6.50. The van der Waals surface area contributed by atoms with Crippen LogP contribution in [0.3, 0.4) is 0 Å². The Morgan fingerprint density at radius 2 is 2.14 bits per heavy atom. The second-order valence-electron chi connectivity index (χ2n) is 4.99. The van der Waals surface area contributed by atoms with E-state index in [1.165, 1.54) is 0 Å². The molecule has 1 aromatic carbocycles. The number of fused-ring (bicyclic) bond motifs is 1. The van der Waals surface area contributed by atoms with Gasteiger partial charge in [-0.25, -0.2) is 0 Å². The van der Waals surface area contributed by atoms with Crippen LogP contribution in [0, 0.1) is 6.92 Å². The number of anilines is 1. The van der Waals surface area contributed by atoms with Gasteiger partial charge in [-0.05, 0) is 31.2 Å². The summed E-state index contributed by atoms with van der Waals surface area (Å²) in [5.41, 5.74) is 1.77. The smallest absolute Gasteiger partial charge is 0.408 e. The van der Waals surface area contributed by atoms with E-state index >= 15 is 0 Å². The van der Waals surface area contributed by atoms with Gasteiger partial charge >= 0.3 is 6.18 Å². The minimum absolute atomic E-state index is 0.0720. The molecule has 1 aliphatic rings. The summed E-state index contributed by atoms with van der Waals surface area (Å²) in [6.45, 7) is 0.382. The molecule has 1 N–H and O–H groups in total. The molecule has 0 aliphatic carbocycles. The number of hydrogen-bond acceptors (Lipinski definition) is 3. The number of nitrogens with one attached hydrogen (secondary N) is 1. The third-order valence-electron chi connectivity index (χ3n) is 3.14. The lowest BCUT2D eigenvalue weighted by Gasteiger charge is -2.19. The van der Waals surface area contributed by atoms with Gasteiger partial charge in [0.2, 0.25) is 0 Å². The molecule has 0 spiro atoms. The molecule has 5 nitrogen and oxygen atoms in total. The third-order valence-corrected chi connectivity index (χ3v) is 3.14. The second kappa shape index (κ2) is 5.04. The zero-order valence-electron chi connectivity index (χ0n) is 11.6. The number of amides is 1. The lowest BCUT2D eigenvalue weighted by Crippen LogP contribution is -2.25. The van der Waals surface area contributed by atoms with Crippen molar-refractivity contribution in [3.8, 4) is 17.0 Å². The van der Waals surface area contributed by atoms with Crippen molar-refractivity contribution in [3.63, 3.8) is 0 Å². The zero-order chi connectivity index (χ0) is 15.9. The molecule has 2 heterocycles. The highest BCUT2D eigenvalue weighted by Gasteiger charge is 2.30. The van der Waals surface area contributed by atoms with Crippen LogP contribution >= 0.6 is 0 Å². The highest BCUT2D eigenvalue weighted by atomic mass is 19.4. The van der Waals surface area contributed by atoms with Gasteiger partial charge in [-0.3, -0.25) is 9.48 Å². The van der Waals surface area contributed by atoms with Crippen LogP contribution in [0.1, 0.15) is 5.69 Å². The predicted molar refractivity (Wildman–Crippen MR) is 72.6 cm³/mol. The van der Waals surface area contributed by atoms with Crippen molar-refractivity contribution in [1.82, 2.24) is 9.78 Å². The van der Waals surface area contributed by atoms with Gasteiger partial charge in [-0.1, -0.05) is 0 Å². The number of halogens is 3. The van der Waals surface area contributed by atoms with E-state index in [-0.39, 0.29) is 12.5 Å². The molecule has 0 radical (unpaired) electrons. The lowest BCUT2D eigenvalue weighted by atomic mass is 10.1. The largest absolute Gasteiger partial charge is 0.482 e. The number of aryl methyl sites for hydroxylation is 1. The van der Waals surface area contributed by atoms with E-state index in [1.807, 2.05) is 0 Å². The quantitative estimate of drug-likeness (QED) is 0.928. The van der Waals surface area contributed by atoms with Crippen molar-refractivity contribution in [2.45, 2.75) is 19.6 Å². The minimum atomic E-state index is -4.36. The standard InChI is InChI=1S/C14H12F3N3O2/c1-8-4-11(20(19-8)7-14(15,16)17)9-2-3-12-10(5-9)18-13(21)6-22-12/h2-5H,6-7H2,1H3,(H,18,21). The maximum Gasteiger partial charge on any atom is 0.408 e. The van der Waals surface area contributed by atoms with Gasteiger partial charge in [0.25, 0.3) is 5.91 Å². The first-order chi connectivity index (χ1) is 10.3. The van der Waals surface area contributed by atoms with Gasteiger partial charge in [-0.15, -0.1) is 0 Å². The fourth-order valence-electron chi connectivity index (χ4n) is 2.31. The number of ether oxygens (including phenoxy) is 1. The van der Waals surface area contributed by atoms with Crippen LogP contribution in [0.15, 0.2) is 24.3 Å². The molecule has 3 rings (SSSR count). The molecule has 0 bridgehead atoms. The Hall–Kier alpha value is -2.51. The lowest BCUT2D eigenvalue weighted by molar-refractivity contribution is -0.142. The van der Waals surface area contributed by atoms with Gasteiger partial charge in [0.05, 0.1) is 17.1 Å². The molecule has 0 unspecified atom stereocenters. The molecule has 1 aliphatic heterocycles. The summed E-state index contributed by atoms with van der Waals surface area (Å²) in [6.07, 6.45) is -4.36. The van der Waals surface area contributed by atoms with Gasteiger partial charge in [0.15, 0.2) is 6.61 Å². The molecule has 0 saturated carbocycles.